The number of nitrogens with one attached hydrogen (secondary N) is 2. The molecule has 0 radical (unpaired) electrons. The lowest BCUT2D eigenvalue weighted by Crippen LogP contribution is -2.52. The summed E-state index contributed by atoms with van der Waals surface area (Å²) < 4.78 is 84.7. The zero-order chi connectivity index (χ0) is 26.1. The van der Waals surface area contributed by atoms with E-state index in [0.29, 0.717) is 37.6 Å². The van der Waals surface area contributed by atoms with E-state index in [9.17, 15) is 26.7 Å². The number of hydrogen-bond acceptors (Lipinski definition) is 2. The molecule has 2 N–H and O–H groups in total. The first-order valence-electron chi connectivity index (χ1n) is 10.1. The van der Waals surface area contributed by atoms with Crippen LogP contribution in [-0.2, 0) is 12.1 Å². The second-order valence-electron chi connectivity index (χ2n) is 8.03. The van der Waals surface area contributed by atoms with Crippen molar-refractivity contribution in [3.63, 3.8) is 0 Å². The zero-order valence-corrected chi connectivity index (χ0v) is 19.6. The van der Waals surface area contributed by atoms with Gasteiger partial charge in [-0.25, -0.2) is 13.2 Å². The molecule has 0 spiro atoms. The molecule has 0 heterocycles. The molecule has 2 rings (SSSR count). The average molecular weight is 505 g/mol. The predicted octanol–water partition coefficient (Wildman–Crippen LogP) is 7.70. The maximum absolute atomic E-state index is 15.1. The number of anilines is 2. The fraction of sp³-hybridized carbons (Fsp3) is 0.333. The van der Waals surface area contributed by atoms with Gasteiger partial charge in [0.25, 0.3) is 11.6 Å². The summed E-state index contributed by atoms with van der Waals surface area (Å²) in [6.45, 7) is 7.19. The molecule has 0 saturated heterocycles. The third-order valence-electron chi connectivity index (χ3n) is 5.31. The summed E-state index contributed by atoms with van der Waals surface area (Å²) in [5.41, 5.74) is -6.22. The van der Waals surface area contributed by atoms with E-state index in [1.807, 2.05) is 0 Å². The summed E-state index contributed by atoms with van der Waals surface area (Å²) in [5, 5.41) is 5.21. The van der Waals surface area contributed by atoms with Crippen molar-refractivity contribution in [2.45, 2.75) is 51.6 Å². The molecule has 0 aliphatic rings. The van der Waals surface area contributed by atoms with Gasteiger partial charge in [0.1, 0.15) is 11.0 Å². The summed E-state index contributed by atoms with van der Waals surface area (Å²) in [7, 11) is 0. The van der Waals surface area contributed by atoms with E-state index in [-0.39, 0.29) is 22.3 Å². The molecule has 34 heavy (non-hydrogen) atoms. The molecule has 2 aromatic rings. The van der Waals surface area contributed by atoms with E-state index in [2.05, 4.69) is 22.9 Å². The highest BCUT2D eigenvalue weighted by atomic mass is 35.5. The molecule has 1 amide bonds. The summed E-state index contributed by atoms with van der Waals surface area (Å²) in [4.78, 5) is 12.9. The molecule has 0 fully saturated rings. The number of benzene rings is 2. The number of aryl methyl sites for hydroxylation is 1. The van der Waals surface area contributed by atoms with Gasteiger partial charge in [0.15, 0.2) is 5.67 Å². The van der Waals surface area contributed by atoms with Crippen LogP contribution >= 0.6 is 11.6 Å². The Kier molecular flexibility index (Phi) is 7.85. The minimum absolute atomic E-state index is 0.0832. The van der Waals surface area contributed by atoms with Crippen LogP contribution in [0.3, 0.4) is 0 Å². The van der Waals surface area contributed by atoms with Crippen LogP contribution in [0.15, 0.2) is 47.8 Å². The maximum Gasteiger partial charge on any atom is 0.429 e. The highest BCUT2D eigenvalue weighted by molar-refractivity contribution is 6.30. The molecule has 0 aromatic heterocycles. The molecule has 184 valence electrons. The Morgan fingerprint density at radius 1 is 1.12 bits per heavy atom. The minimum Gasteiger partial charge on any atom is -0.339 e. The minimum atomic E-state index is -5.65. The molecule has 1 atom stereocenters. The SMILES string of the molecule is C=C=C(Cl)Nc1cccc(C(=O)Nc2c(C)cc(C(F)(C(C)(C)F)C(F)(F)F)cc2F)c1CC. The fourth-order valence-electron chi connectivity index (χ4n) is 3.59. The van der Waals surface area contributed by atoms with Crippen molar-refractivity contribution in [2.75, 3.05) is 10.6 Å². The topological polar surface area (TPSA) is 41.1 Å². The van der Waals surface area contributed by atoms with Gasteiger partial charge in [-0.05, 0) is 56.5 Å². The third kappa shape index (κ3) is 5.10. The molecule has 2 aromatic carbocycles. The lowest BCUT2D eigenvalue weighted by atomic mass is 9.81. The van der Waals surface area contributed by atoms with Gasteiger partial charge in [-0.2, -0.15) is 13.2 Å². The van der Waals surface area contributed by atoms with Crippen LogP contribution in [0.5, 0.6) is 0 Å². The van der Waals surface area contributed by atoms with Crippen LogP contribution in [0.25, 0.3) is 0 Å². The summed E-state index contributed by atoms with van der Waals surface area (Å²) in [5.74, 6) is -2.11. The van der Waals surface area contributed by atoms with Crippen molar-refractivity contribution in [1.29, 1.82) is 0 Å². The van der Waals surface area contributed by atoms with Gasteiger partial charge in [-0.3, -0.25) is 4.79 Å². The van der Waals surface area contributed by atoms with Crippen molar-refractivity contribution >= 4 is 28.9 Å². The Morgan fingerprint density at radius 2 is 1.74 bits per heavy atom. The van der Waals surface area contributed by atoms with Crippen LogP contribution in [0.1, 0.15) is 47.8 Å². The van der Waals surface area contributed by atoms with Gasteiger partial charge >= 0.3 is 6.18 Å². The zero-order valence-electron chi connectivity index (χ0n) is 18.9. The van der Waals surface area contributed by atoms with Gasteiger partial charge in [0, 0.05) is 16.8 Å². The molecule has 10 heteroatoms. The molecular weight excluding hydrogens is 482 g/mol. The molecule has 0 saturated carbocycles. The van der Waals surface area contributed by atoms with E-state index in [0.717, 1.165) is 0 Å². The van der Waals surface area contributed by atoms with E-state index in [4.69, 9.17) is 11.6 Å². The van der Waals surface area contributed by atoms with Gasteiger partial charge in [-0.15, -0.1) is 0 Å². The lowest BCUT2D eigenvalue weighted by Gasteiger charge is -2.36. The van der Waals surface area contributed by atoms with Crippen molar-refractivity contribution in [2.24, 2.45) is 0 Å². The largest absolute Gasteiger partial charge is 0.429 e. The van der Waals surface area contributed by atoms with Gasteiger partial charge in [-0.1, -0.05) is 43.0 Å². The van der Waals surface area contributed by atoms with E-state index in [1.54, 1.807) is 19.1 Å². The van der Waals surface area contributed by atoms with E-state index in [1.165, 1.54) is 13.0 Å². The van der Waals surface area contributed by atoms with Crippen LogP contribution in [-0.4, -0.2) is 17.8 Å². The summed E-state index contributed by atoms with van der Waals surface area (Å²) >= 11 is 5.89. The highest BCUT2D eigenvalue weighted by Crippen LogP contribution is 2.52. The molecule has 0 aliphatic carbocycles. The summed E-state index contributed by atoms with van der Waals surface area (Å²) in [6, 6.07) is 5.56. The second kappa shape index (κ2) is 9.76. The first-order valence-corrected chi connectivity index (χ1v) is 10.5. The monoisotopic (exact) mass is 504 g/mol. The molecule has 0 aliphatic heterocycles. The number of amides is 1. The Hall–Kier alpha value is -2.90. The molecule has 1 unspecified atom stereocenters. The Balaban J connectivity index is 2.52. The van der Waals surface area contributed by atoms with Crippen molar-refractivity contribution in [3.05, 3.63) is 75.9 Å². The quantitative estimate of drug-likeness (QED) is 0.230. The van der Waals surface area contributed by atoms with Crippen LogP contribution < -0.4 is 10.6 Å². The van der Waals surface area contributed by atoms with Gasteiger partial charge in [0.05, 0.1) is 5.69 Å². The van der Waals surface area contributed by atoms with Gasteiger partial charge in [0.2, 0.25) is 0 Å². The second-order valence-corrected chi connectivity index (χ2v) is 8.41. The predicted molar refractivity (Wildman–Crippen MR) is 121 cm³/mol. The number of hydrogen-bond donors (Lipinski definition) is 2. The molecular formula is C24H23ClF6N2O. The highest BCUT2D eigenvalue weighted by Gasteiger charge is 2.67. The molecule has 3 nitrogen and oxygen atoms in total. The first-order chi connectivity index (χ1) is 15.6. The standard InChI is InChI=1S/C24H23ClF6N2O/c1-6-15-16(9-8-10-18(15)32-19(25)7-2)21(34)33-20-13(3)11-14(12-17(20)26)23(28,22(4,5)27)24(29,30)31/h8-12,32H,2,6H2,1,3-5H3,(H,33,34). The number of carbonyl (C=O) groups excluding carboxylic acids is 1. The van der Waals surface area contributed by atoms with Crippen molar-refractivity contribution in [1.82, 2.24) is 0 Å². The van der Waals surface area contributed by atoms with Crippen molar-refractivity contribution < 1.29 is 31.1 Å². The maximum atomic E-state index is 15.1. The van der Waals surface area contributed by atoms with Crippen LogP contribution in [0.4, 0.5) is 37.7 Å². The Labute approximate surface area is 198 Å². The number of alkyl halides is 5. The number of rotatable bonds is 7. The van der Waals surface area contributed by atoms with Crippen molar-refractivity contribution in [3.8, 4) is 0 Å². The first kappa shape index (κ1) is 27.3. The van der Waals surface area contributed by atoms with E-state index >= 15 is 4.39 Å². The molecule has 0 bridgehead atoms. The smallest absolute Gasteiger partial charge is 0.339 e. The third-order valence-corrected chi connectivity index (χ3v) is 5.54. The van der Waals surface area contributed by atoms with Crippen LogP contribution in [0.2, 0.25) is 0 Å². The Morgan fingerprint density at radius 3 is 2.21 bits per heavy atom. The summed E-state index contributed by atoms with van der Waals surface area (Å²) in [6.07, 6.45) is -5.28. The van der Waals surface area contributed by atoms with Crippen LogP contribution in [0, 0.1) is 12.7 Å². The average Bonchev–Trinajstić information content (AvgIpc) is 2.73. The fourth-order valence-corrected chi connectivity index (χ4v) is 3.69. The Bertz CT molecular complexity index is 1110. The number of carbonyl (C=O) groups is 1. The lowest BCUT2D eigenvalue weighted by molar-refractivity contribution is -0.274. The normalized spacial score (nSPS) is 13.6. The van der Waals surface area contributed by atoms with Gasteiger partial charge < -0.3 is 10.6 Å². The number of halogens is 7. The van der Waals surface area contributed by atoms with E-state index < -0.39 is 40.5 Å².